The second-order valence-corrected chi connectivity index (χ2v) is 13.1. The third-order valence-electron chi connectivity index (χ3n) is 6.50. The molecule has 0 bridgehead atoms. The lowest BCUT2D eigenvalue weighted by atomic mass is 10.1. The first-order chi connectivity index (χ1) is 20.4. The first-order valence-electron chi connectivity index (χ1n) is 12.3. The van der Waals surface area contributed by atoms with Crippen molar-refractivity contribution in [1.29, 1.82) is 0 Å². The molecule has 1 heterocycles. The van der Waals surface area contributed by atoms with Crippen LogP contribution in [-0.2, 0) is 14.3 Å². The molecular weight excluding hydrogens is 738 g/mol. The fraction of sp³-hybridized carbons (Fsp3) is 0.259. The number of hydrogen-bond donors (Lipinski definition) is 3. The zero-order valence-corrected chi connectivity index (χ0v) is 26.9. The molecule has 4 rings (SSSR count). The van der Waals surface area contributed by atoms with Crippen LogP contribution in [-0.4, -0.2) is 33.9 Å². The number of ether oxygens (including phenoxy) is 1. The Kier molecular flexibility index (Phi) is 10.7. The van der Waals surface area contributed by atoms with Gasteiger partial charge in [-0.3, -0.25) is 9.59 Å². The normalized spacial score (nSPS) is 22.7. The standard InChI is InChI=1S/C27H18Cl7F4N3O3/c1-2-12(39-23(42)19-18(26(19,32)33)10-7-13(29)20(31)14(30)8-10)4-3-11(28)9-17-24(44-17)40-16-6-5-15(35)22(21(16)36)41-25(43)27(34,37)38/h2-8,17-19,24,40H,1,9H2,(H,39,42)(H,41,43)/b11-3+,12-4+/t17?,18-,19+,24?/m0/s1. The highest BCUT2D eigenvalue weighted by atomic mass is 35.5. The lowest BCUT2D eigenvalue weighted by Gasteiger charge is -2.13. The third-order valence-corrected chi connectivity index (χ3v) is 9.09. The molecule has 0 radical (unpaired) electrons. The molecule has 2 fully saturated rings. The molecule has 2 unspecified atom stereocenters. The zero-order chi connectivity index (χ0) is 32.7. The van der Waals surface area contributed by atoms with Crippen LogP contribution in [0, 0.1) is 17.6 Å². The van der Waals surface area contributed by atoms with Gasteiger partial charge >= 0.3 is 11.3 Å². The van der Waals surface area contributed by atoms with Gasteiger partial charge < -0.3 is 20.7 Å². The number of rotatable bonds is 11. The van der Waals surface area contributed by atoms with Crippen LogP contribution >= 0.6 is 81.2 Å². The SMILES string of the molecule is C=C/C(=C\C=C(\Cl)CC1OC1Nc1ccc(F)c(NC(=O)C(F)(F)Cl)c1F)NC(=O)[C@H]1[C@H](c2cc(Cl)c(Cl)c(Cl)c2)C1(Cl)Cl. The smallest absolute Gasteiger partial charge is 0.356 e. The number of nitrogens with one attached hydrogen (secondary N) is 3. The average Bonchev–Trinajstić information content (AvgIpc) is 3.81. The van der Waals surface area contributed by atoms with Crippen LogP contribution in [0.3, 0.4) is 0 Å². The van der Waals surface area contributed by atoms with Crippen LogP contribution in [0.4, 0.5) is 28.9 Å². The number of epoxide rings is 1. The Bertz CT molecular complexity index is 1560. The Morgan fingerprint density at radius 2 is 1.73 bits per heavy atom. The fourth-order valence-corrected chi connectivity index (χ4v) is 5.89. The van der Waals surface area contributed by atoms with Crippen molar-refractivity contribution in [2.45, 2.75) is 34.4 Å². The topological polar surface area (TPSA) is 82.8 Å². The van der Waals surface area contributed by atoms with Crippen LogP contribution < -0.4 is 16.0 Å². The van der Waals surface area contributed by atoms with E-state index in [0.29, 0.717) is 5.56 Å². The van der Waals surface area contributed by atoms with E-state index < -0.39 is 63.0 Å². The highest BCUT2D eigenvalue weighted by molar-refractivity contribution is 6.53. The second kappa shape index (κ2) is 13.5. The molecule has 3 N–H and O–H groups in total. The van der Waals surface area contributed by atoms with E-state index in [1.807, 2.05) is 0 Å². The summed E-state index contributed by atoms with van der Waals surface area (Å²) in [6, 6.07) is 4.82. The lowest BCUT2D eigenvalue weighted by molar-refractivity contribution is -0.130. The van der Waals surface area contributed by atoms with Gasteiger partial charge in [0.15, 0.2) is 12.0 Å². The Labute approximate surface area is 283 Å². The summed E-state index contributed by atoms with van der Waals surface area (Å²) in [6.45, 7) is 3.66. The number of alkyl halides is 5. The minimum absolute atomic E-state index is 0.133. The van der Waals surface area contributed by atoms with Gasteiger partial charge in [0.25, 0.3) is 0 Å². The molecule has 0 aromatic heterocycles. The maximum atomic E-state index is 14.7. The van der Waals surface area contributed by atoms with E-state index in [-0.39, 0.29) is 37.9 Å². The molecule has 2 aromatic rings. The molecule has 2 aromatic carbocycles. The first kappa shape index (κ1) is 35.0. The van der Waals surface area contributed by atoms with E-state index in [9.17, 15) is 27.2 Å². The van der Waals surface area contributed by atoms with Crippen LogP contribution in [0.1, 0.15) is 17.9 Å². The number of benzene rings is 2. The zero-order valence-electron chi connectivity index (χ0n) is 21.6. The fourth-order valence-electron chi connectivity index (χ4n) is 4.18. The van der Waals surface area contributed by atoms with Crippen molar-refractivity contribution >= 4 is 104 Å². The number of halogens is 11. The van der Waals surface area contributed by atoms with Gasteiger partial charge in [0.1, 0.15) is 21.9 Å². The molecule has 2 aliphatic rings. The first-order valence-corrected chi connectivity index (χ1v) is 14.9. The predicted molar refractivity (Wildman–Crippen MR) is 165 cm³/mol. The molecule has 2 amide bonds. The lowest BCUT2D eigenvalue weighted by Crippen LogP contribution is -2.30. The highest BCUT2D eigenvalue weighted by Gasteiger charge is 2.67. The second-order valence-electron chi connectivity index (χ2n) is 9.54. The van der Waals surface area contributed by atoms with Crippen LogP contribution in [0.2, 0.25) is 15.1 Å². The highest BCUT2D eigenvalue weighted by Crippen LogP contribution is 2.65. The summed E-state index contributed by atoms with van der Waals surface area (Å²) in [6.07, 6.45) is 3.10. The molecule has 1 aliphatic heterocycles. The minimum atomic E-state index is -4.38. The van der Waals surface area contributed by atoms with Gasteiger partial charge in [0.05, 0.1) is 26.7 Å². The predicted octanol–water partition coefficient (Wildman–Crippen LogP) is 9.12. The van der Waals surface area contributed by atoms with Crippen molar-refractivity contribution in [3.05, 3.63) is 92.1 Å². The van der Waals surface area contributed by atoms with Crippen molar-refractivity contribution < 1.29 is 31.9 Å². The molecule has 4 atom stereocenters. The van der Waals surface area contributed by atoms with Crippen molar-refractivity contribution in [1.82, 2.24) is 5.32 Å². The van der Waals surface area contributed by atoms with E-state index in [0.717, 1.165) is 12.1 Å². The Morgan fingerprint density at radius 1 is 1.09 bits per heavy atom. The summed E-state index contributed by atoms with van der Waals surface area (Å²) in [5.74, 6) is -6.70. The average molecular weight is 757 g/mol. The Balaban J connectivity index is 1.35. The summed E-state index contributed by atoms with van der Waals surface area (Å²) in [7, 11) is 0. The van der Waals surface area contributed by atoms with Crippen LogP contribution in [0.5, 0.6) is 0 Å². The van der Waals surface area contributed by atoms with E-state index in [1.54, 1.807) is 0 Å². The van der Waals surface area contributed by atoms with E-state index in [2.05, 4.69) is 28.8 Å². The minimum Gasteiger partial charge on any atom is -0.356 e. The van der Waals surface area contributed by atoms with Crippen molar-refractivity contribution in [2.75, 3.05) is 10.6 Å². The summed E-state index contributed by atoms with van der Waals surface area (Å²) in [4.78, 5) is 24.3. The van der Waals surface area contributed by atoms with Gasteiger partial charge in [-0.25, -0.2) is 8.78 Å². The monoisotopic (exact) mass is 753 g/mol. The van der Waals surface area contributed by atoms with E-state index in [1.165, 1.54) is 35.7 Å². The van der Waals surface area contributed by atoms with Crippen LogP contribution in [0.15, 0.2) is 59.8 Å². The molecule has 1 aliphatic carbocycles. The van der Waals surface area contributed by atoms with Gasteiger partial charge in [-0.1, -0.05) is 53.0 Å². The third kappa shape index (κ3) is 7.90. The molecule has 1 saturated heterocycles. The molecule has 44 heavy (non-hydrogen) atoms. The van der Waals surface area contributed by atoms with Crippen LogP contribution in [0.25, 0.3) is 0 Å². The van der Waals surface area contributed by atoms with Gasteiger partial charge in [-0.05, 0) is 59.7 Å². The number of carbonyl (C=O) groups excluding carboxylic acids is 2. The van der Waals surface area contributed by atoms with Gasteiger partial charge in [-0.15, -0.1) is 23.2 Å². The van der Waals surface area contributed by atoms with Gasteiger partial charge in [0.2, 0.25) is 5.91 Å². The molecule has 236 valence electrons. The Hall–Kier alpha value is -1.89. The largest absolute Gasteiger partial charge is 0.400 e. The van der Waals surface area contributed by atoms with Crippen molar-refractivity contribution in [3.8, 4) is 0 Å². The number of hydrogen-bond acceptors (Lipinski definition) is 4. The molecule has 0 spiro atoms. The van der Waals surface area contributed by atoms with Gasteiger partial charge in [0, 0.05) is 23.1 Å². The molecule has 1 saturated carbocycles. The molecule has 6 nitrogen and oxygen atoms in total. The summed E-state index contributed by atoms with van der Waals surface area (Å²) >= 11 is 41.9. The number of amides is 2. The van der Waals surface area contributed by atoms with Gasteiger partial charge in [-0.2, -0.15) is 8.78 Å². The quantitative estimate of drug-likeness (QED) is 0.0703. The van der Waals surface area contributed by atoms with E-state index in [4.69, 9.17) is 74.3 Å². The van der Waals surface area contributed by atoms with E-state index >= 15 is 0 Å². The molecular formula is C27H18Cl7F4N3O3. The molecule has 17 heteroatoms. The maximum Gasteiger partial charge on any atom is 0.400 e. The van der Waals surface area contributed by atoms with Crippen molar-refractivity contribution in [3.63, 3.8) is 0 Å². The number of allylic oxidation sites excluding steroid dienone is 3. The van der Waals surface area contributed by atoms with Crippen molar-refractivity contribution in [2.24, 2.45) is 5.92 Å². The number of carbonyl (C=O) groups is 2. The summed E-state index contributed by atoms with van der Waals surface area (Å²) < 4.78 is 58.5. The summed E-state index contributed by atoms with van der Waals surface area (Å²) in [5.41, 5.74) is -0.641. The summed E-state index contributed by atoms with van der Waals surface area (Å²) in [5, 5.41) is 3.12. The number of anilines is 2. The Morgan fingerprint density at radius 3 is 2.32 bits per heavy atom. The maximum absolute atomic E-state index is 14.7.